The van der Waals surface area contributed by atoms with Gasteiger partial charge in [0.2, 0.25) is 0 Å². The molecule has 0 bridgehead atoms. The van der Waals surface area contributed by atoms with Crippen LogP contribution in [0.2, 0.25) is 5.02 Å². The molecule has 0 aromatic heterocycles. The summed E-state index contributed by atoms with van der Waals surface area (Å²) in [6.45, 7) is 6.88. The van der Waals surface area contributed by atoms with E-state index in [2.05, 4.69) is 31.3 Å². The maximum absolute atomic E-state index is 12.6. The first-order chi connectivity index (χ1) is 15.9. The van der Waals surface area contributed by atoms with Crippen LogP contribution in [0, 0.1) is 25.2 Å². The zero-order chi connectivity index (χ0) is 23.8. The summed E-state index contributed by atoms with van der Waals surface area (Å²) in [5.74, 6) is 0.587. The first-order valence-corrected chi connectivity index (χ1v) is 10.9. The zero-order valence-corrected chi connectivity index (χ0v) is 19.6. The average Bonchev–Trinajstić information content (AvgIpc) is 2.80. The van der Waals surface area contributed by atoms with Crippen molar-refractivity contribution in [3.05, 3.63) is 93.5 Å². The quantitative estimate of drug-likeness (QED) is 0.308. The molecule has 3 aromatic carbocycles. The Balaban J connectivity index is 1.79. The molecule has 0 saturated heterocycles. The molecule has 33 heavy (non-hydrogen) atoms. The van der Waals surface area contributed by atoms with E-state index < -0.39 is 5.91 Å². The SMILES string of the molecule is CCOc1cc(/C=C(\C#N)C(=O)Nc2ccccc2Cl)ccc1OCc1ccc(C)c(C)c1. The minimum absolute atomic E-state index is 0.0545. The van der Waals surface area contributed by atoms with Crippen LogP contribution in [0.3, 0.4) is 0 Å². The molecule has 0 spiro atoms. The number of halogens is 1. The molecule has 1 amide bonds. The number of rotatable bonds is 8. The number of hydrogen-bond donors (Lipinski definition) is 1. The molecule has 0 aliphatic rings. The number of nitriles is 1. The molecule has 1 N–H and O–H groups in total. The standard InChI is InChI=1S/C27H25ClN2O3/c1-4-32-26-15-20(11-12-25(26)33-17-21-10-9-18(2)19(3)13-21)14-22(16-29)27(31)30-24-8-6-5-7-23(24)28/h5-15H,4,17H2,1-3H3,(H,30,31)/b22-14+. The van der Waals surface area contributed by atoms with Gasteiger partial charge < -0.3 is 14.8 Å². The molecule has 0 unspecified atom stereocenters. The van der Waals surface area contributed by atoms with Crippen LogP contribution in [-0.2, 0) is 11.4 Å². The predicted molar refractivity (Wildman–Crippen MR) is 132 cm³/mol. The van der Waals surface area contributed by atoms with Crippen molar-refractivity contribution in [2.24, 2.45) is 0 Å². The highest BCUT2D eigenvalue weighted by Crippen LogP contribution is 2.30. The Hall–Kier alpha value is -3.75. The van der Waals surface area contributed by atoms with Crippen LogP contribution in [0.15, 0.2) is 66.2 Å². The van der Waals surface area contributed by atoms with E-state index in [-0.39, 0.29) is 5.57 Å². The van der Waals surface area contributed by atoms with Crippen molar-refractivity contribution in [3.8, 4) is 17.6 Å². The zero-order valence-electron chi connectivity index (χ0n) is 18.8. The molecule has 0 fully saturated rings. The van der Waals surface area contributed by atoms with Crippen molar-refractivity contribution in [2.75, 3.05) is 11.9 Å². The van der Waals surface area contributed by atoms with Gasteiger partial charge in [0.25, 0.3) is 5.91 Å². The maximum Gasteiger partial charge on any atom is 0.266 e. The lowest BCUT2D eigenvalue weighted by atomic mass is 10.1. The van der Waals surface area contributed by atoms with E-state index >= 15 is 0 Å². The van der Waals surface area contributed by atoms with Crippen LogP contribution in [0.4, 0.5) is 5.69 Å². The number of amides is 1. The van der Waals surface area contributed by atoms with Crippen molar-refractivity contribution < 1.29 is 14.3 Å². The van der Waals surface area contributed by atoms with Crippen LogP contribution >= 0.6 is 11.6 Å². The Labute approximate surface area is 199 Å². The van der Waals surface area contributed by atoms with Crippen LogP contribution in [0.5, 0.6) is 11.5 Å². The maximum atomic E-state index is 12.6. The third-order valence-corrected chi connectivity index (χ3v) is 5.36. The second kappa shape index (κ2) is 11.2. The number of nitrogens with one attached hydrogen (secondary N) is 1. The highest BCUT2D eigenvalue weighted by Gasteiger charge is 2.13. The second-order valence-electron chi connectivity index (χ2n) is 7.45. The van der Waals surface area contributed by atoms with Gasteiger partial charge in [-0.2, -0.15) is 5.26 Å². The summed E-state index contributed by atoms with van der Waals surface area (Å²) in [6, 6.07) is 20.3. The number of ether oxygens (including phenoxy) is 2. The molecule has 0 radical (unpaired) electrons. The van der Waals surface area contributed by atoms with Gasteiger partial charge in [-0.1, -0.05) is 48.0 Å². The third-order valence-electron chi connectivity index (χ3n) is 5.03. The summed E-state index contributed by atoms with van der Waals surface area (Å²) in [7, 11) is 0. The number of anilines is 1. The Morgan fingerprint density at radius 1 is 1.03 bits per heavy atom. The van der Waals surface area contributed by atoms with E-state index in [4.69, 9.17) is 21.1 Å². The second-order valence-corrected chi connectivity index (χ2v) is 7.86. The first kappa shape index (κ1) is 23.9. The summed E-state index contributed by atoms with van der Waals surface area (Å²) in [6.07, 6.45) is 1.50. The largest absolute Gasteiger partial charge is 0.490 e. The van der Waals surface area contributed by atoms with E-state index in [1.807, 2.05) is 19.1 Å². The molecule has 0 atom stereocenters. The summed E-state index contributed by atoms with van der Waals surface area (Å²) in [4.78, 5) is 12.6. The minimum Gasteiger partial charge on any atom is -0.490 e. The number of carbonyl (C=O) groups excluding carboxylic acids is 1. The Morgan fingerprint density at radius 3 is 2.52 bits per heavy atom. The normalized spacial score (nSPS) is 10.9. The van der Waals surface area contributed by atoms with Gasteiger partial charge in [0.15, 0.2) is 11.5 Å². The number of aryl methyl sites for hydroxylation is 2. The highest BCUT2D eigenvalue weighted by molar-refractivity contribution is 6.34. The Kier molecular flexibility index (Phi) is 8.12. The first-order valence-electron chi connectivity index (χ1n) is 10.5. The Morgan fingerprint density at radius 2 is 1.82 bits per heavy atom. The van der Waals surface area contributed by atoms with Gasteiger partial charge in [-0.15, -0.1) is 0 Å². The van der Waals surface area contributed by atoms with Gasteiger partial charge in [-0.3, -0.25) is 4.79 Å². The van der Waals surface area contributed by atoms with Gasteiger partial charge in [0.05, 0.1) is 17.3 Å². The molecule has 3 rings (SSSR count). The molecule has 0 saturated carbocycles. The predicted octanol–water partition coefficient (Wildman–Crippen LogP) is 6.48. The fourth-order valence-corrected chi connectivity index (χ4v) is 3.31. The summed E-state index contributed by atoms with van der Waals surface area (Å²) in [5.41, 5.74) is 4.53. The smallest absolute Gasteiger partial charge is 0.266 e. The average molecular weight is 461 g/mol. The van der Waals surface area contributed by atoms with E-state index in [1.165, 1.54) is 17.2 Å². The molecule has 0 aliphatic carbocycles. The Bertz CT molecular complexity index is 1230. The fraction of sp³-hybridized carbons (Fsp3) is 0.185. The number of benzene rings is 3. The fourth-order valence-electron chi connectivity index (χ4n) is 3.12. The number of para-hydroxylation sites is 1. The number of nitrogens with zero attached hydrogens (tertiary/aromatic N) is 1. The highest BCUT2D eigenvalue weighted by atomic mass is 35.5. The summed E-state index contributed by atoms with van der Waals surface area (Å²) < 4.78 is 11.7. The number of hydrogen-bond acceptors (Lipinski definition) is 4. The van der Waals surface area contributed by atoms with Crippen molar-refractivity contribution in [3.63, 3.8) is 0 Å². The van der Waals surface area contributed by atoms with E-state index in [9.17, 15) is 10.1 Å². The summed E-state index contributed by atoms with van der Waals surface area (Å²) >= 11 is 6.09. The van der Waals surface area contributed by atoms with Gasteiger partial charge >= 0.3 is 0 Å². The molecule has 3 aromatic rings. The van der Waals surface area contributed by atoms with Crippen molar-refractivity contribution in [1.82, 2.24) is 0 Å². The number of carbonyl (C=O) groups is 1. The third kappa shape index (κ3) is 6.38. The van der Waals surface area contributed by atoms with Crippen LogP contribution in [0.25, 0.3) is 6.08 Å². The molecule has 6 heteroatoms. The van der Waals surface area contributed by atoms with Crippen LogP contribution in [-0.4, -0.2) is 12.5 Å². The monoisotopic (exact) mass is 460 g/mol. The molecule has 0 heterocycles. The molecule has 168 valence electrons. The van der Waals surface area contributed by atoms with Gasteiger partial charge in [-0.25, -0.2) is 0 Å². The lowest BCUT2D eigenvalue weighted by Gasteiger charge is -2.13. The van der Waals surface area contributed by atoms with Crippen molar-refractivity contribution in [1.29, 1.82) is 5.26 Å². The summed E-state index contributed by atoms with van der Waals surface area (Å²) in [5, 5.41) is 12.6. The van der Waals surface area contributed by atoms with Crippen LogP contribution < -0.4 is 14.8 Å². The minimum atomic E-state index is -0.543. The molecular weight excluding hydrogens is 436 g/mol. The van der Waals surface area contributed by atoms with Gasteiger partial charge in [0.1, 0.15) is 18.2 Å². The van der Waals surface area contributed by atoms with Crippen molar-refractivity contribution >= 4 is 29.3 Å². The molecule has 5 nitrogen and oxygen atoms in total. The van der Waals surface area contributed by atoms with Crippen molar-refractivity contribution in [2.45, 2.75) is 27.4 Å². The van der Waals surface area contributed by atoms with E-state index in [1.54, 1.807) is 42.5 Å². The van der Waals surface area contributed by atoms with E-state index in [0.717, 1.165) is 5.56 Å². The van der Waals surface area contributed by atoms with E-state index in [0.29, 0.717) is 41.0 Å². The lowest BCUT2D eigenvalue weighted by molar-refractivity contribution is -0.112. The molecular formula is C27H25ClN2O3. The lowest BCUT2D eigenvalue weighted by Crippen LogP contribution is -2.13. The molecule has 0 aliphatic heterocycles. The topological polar surface area (TPSA) is 71.3 Å². The van der Waals surface area contributed by atoms with Gasteiger partial charge in [0, 0.05) is 0 Å². The van der Waals surface area contributed by atoms with Crippen LogP contribution in [0.1, 0.15) is 29.2 Å². The van der Waals surface area contributed by atoms with Gasteiger partial charge in [-0.05, 0) is 73.4 Å².